The molecule has 1 fully saturated rings. The molecule has 0 atom stereocenters. The number of nitrogens with one attached hydrogen (secondary N) is 1. The molecule has 2 aromatic rings. The van der Waals surface area contributed by atoms with Crippen molar-refractivity contribution in [2.75, 3.05) is 42.9 Å². The van der Waals surface area contributed by atoms with E-state index in [1.54, 1.807) is 24.3 Å². The third-order valence-corrected chi connectivity index (χ3v) is 4.97. The lowest BCUT2D eigenvalue weighted by Gasteiger charge is -2.36. The van der Waals surface area contributed by atoms with Crippen molar-refractivity contribution in [2.24, 2.45) is 0 Å². The molecule has 0 unspecified atom stereocenters. The summed E-state index contributed by atoms with van der Waals surface area (Å²) in [4.78, 5) is 17.2. The minimum atomic E-state index is -0.125. The van der Waals surface area contributed by atoms with Gasteiger partial charge in [-0.2, -0.15) is 0 Å². The number of likely N-dealkylation sites (N-methyl/N-ethyl adjacent to an activating group) is 1. The fraction of sp³-hybridized carbons (Fsp3) is 0.350. The molecule has 0 aromatic heterocycles. The number of piperazine rings is 1. The second-order valence-corrected chi connectivity index (χ2v) is 6.82. The van der Waals surface area contributed by atoms with Crippen LogP contribution in [-0.2, 0) is 0 Å². The number of amides is 1. The van der Waals surface area contributed by atoms with Crippen LogP contribution < -0.4 is 10.2 Å². The van der Waals surface area contributed by atoms with Crippen molar-refractivity contribution in [3.05, 3.63) is 58.6 Å². The van der Waals surface area contributed by atoms with Crippen LogP contribution >= 0.6 is 11.6 Å². The van der Waals surface area contributed by atoms with E-state index in [0.29, 0.717) is 10.6 Å². The number of nitrogens with zero attached hydrogens (tertiary/aromatic N) is 2. The first kappa shape index (κ1) is 17.8. The van der Waals surface area contributed by atoms with Gasteiger partial charge in [-0.05, 0) is 61.5 Å². The molecule has 1 N–H and O–H groups in total. The van der Waals surface area contributed by atoms with E-state index in [9.17, 15) is 4.79 Å². The Hall–Kier alpha value is -2.04. The summed E-state index contributed by atoms with van der Waals surface area (Å²) in [6, 6.07) is 13.0. The van der Waals surface area contributed by atoms with Gasteiger partial charge in [-0.25, -0.2) is 0 Å². The van der Waals surface area contributed by atoms with Crippen molar-refractivity contribution < 1.29 is 4.79 Å². The minimum absolute atomic E-state index is 0.125. The van der Waals surface area contributed by atoms with E-state index in [1.807, 2.05) is 12.1 Å². The Bertz CT molecular complexity index is 737. The molecule has 2 aromatic carbocycles. The third kappa shape index (κ3) is 4.33. The Labute approximate surface area is 154 Å². The molecule has 1 heterocycles. The molecular formula is C20H24ClN3O. The number of hydrogen-bond acceptors (Lipinski definition) is 3. The normalized spacial score (nSPS) is 15.2. The highest BCUT2D eigenvalue weighted by Crippen LogP contribution is 2.25. The highest BCUT2D eigenvalue weighted by Gasteiger charge is 2.17. The van der Waals surface area contributed by atoms with E-state index < -0.39 is 0 Å². The summed E-state index contributed by atoms with van der Waals surface area (Å²) in [7, 11) is 0. The molecule has 1 aliphatic rings. The second-order valence-electron chi connectivity index (χ2n) is 6.38. The molecule has 4 nitrogen and oxygen atoms in total. The minimum Gasteiger partial charge on any atom is -0.369 e. The molecule has 1 amide bonds. The molecule has 25 heavy (non-hydrogen) atoms. The van der Waals surface area contributed by atoms with Gasteiger partial charge >= 0.3 is 0 Å². The van der Waals surface area contributed by atoms with Gasteiger partial charge in [0.15, 0.2) is 0 Å². The highest BCUT2D eigenvalue weighted by atomic mass is 35.5. The lowest BCUT2D eigenvalue weighted by atomic mass is 10.1. The molecule has 0 aliphatic carbocycles. The number of halogens is 1. The largest absolute Gasteiger partial charge is 0.369 e. The Morgan fingerprint density at radius 1 is 1.08 bits per heavy atom. The van der Waals surface area contributed by atoms with Crippen molar-refractivity contribution in [1.82, 2.24) is 4.90 Å². The van der Waals surface area contributed by atoms with Crippen molar-refractivity contribution >= 4 is 28.9 Å². The lowest BCUT2D eigenvalue weighted by Crippen LogP contribution is -2.46. The zero-order chi connectivity index (χ0) is 17.8. The molecule has 132 valence electrons. The first-order valence-corrected chi connectivity index (χ1v) is 9.09. The van der Waals surface area contributed by atoms with Gasteiger partial charge in [0.25, 0.3) is 5.91 Å². The number of benzene rings is 2. The maximum atomic E-state index is 12.3. The van der Waals surface area contributed by atoms with E-state index in [4.69, 9.17) is 11.6 Å². The number of aryl methyl sites for hydroxylation is 1. The van der Waals surface area contributed by atoms with Crippen LogP contribution in [-0.4, -0.2) is 43.5 Å². The maximum Gasteiger partial charge on any atom is 0.255 e. The monoisotopic (exact) mass is 357 g/mol. The van der Waals surface area contributed by atoms with Crippen LogP contribution in [0.25, 0.3) is 0 Å². The van der Waals surface area contributed by atoms with Gasteiger partial charge in [-0.1, -0.05) is 18.5 Å². The first-order chi connectivity index (χ1) is 12.1. The van der Waals surface area contributed by atoms with Crippen molar-refractivity contribution in [3.63, 3.8) is 0 Å². The Morgan fingerprint density at radius 2 is 1.76 bits per heavy atom. The standard InChI is InChI=1S/C20H24ClN3O/c1-3-23-10-12-24(13-11-23)19-9-8-18(14-15(19)2)22-20(25)16-4-6-17(21)7-5-16/h4-9,14H,3,10-13H2,1-2H3,(H,22,25). The zero-order valence-electron chi connectivity index (χ0n) is 14.8. The molecule has 1 aliphatic heterocycles. The molecule has 0 radical (unpaired) electrons. The summed E-state index contributed by atoms with van der Waals surface area (Å²) in [6.07, 6.45) is 0. The molecule has 5 heteroatoms. The predicted octanol–water partition coefficient (Wildman–Crippen LogP) is 4.04. The number of hydrogen-bond donors (Lipinski definition) is 1. The Balaban J connectivity index is 1.67. The van der Waals surface area contributed by atoms with Crippen LogP contribution in [0.3, 0.4) is 0 Å². The van der Waals surface area contributed by atoms with Gasteiger partial charge in [-0.3, -0.25) is 4.79 Å². The van der Waals surface area contributed by atoms with Gasteiger partial charge in [0.05, 0.1) is 0 Å². The van der Waals surface area contributed by atoms with Gasteiger partial charge in [-0.15, -0.1) is 0 Å². The Kier molecular flexibility index (Phi) is 5.61. The third-order valence-electron chi connectivity index (χ3n) is 4.72. The quantitative estimate of drug-likeness (QED) is 0.896. The average molecular weight is 358 g/mol. The molecule has 0 spiro atoms. The smallest absolute Gasteiger partial charge is 0.255 e. The average Bonchev–Trinajstić information content (AvgIpc) is 2.62. The van der Waals surface area contributed by atoms with Gasteiger partial charge < -0.3 is 15.1 Å². The molecular weight excluding hydrogens is 334 g/mol. The molecule has 1 saturated heterocycles. The van der Waals surface area contributed by atoms with Crippen LogP contribution in [0.15, 0.2) is 42.5 Å². The topological polar surface area (TPSA) is 35.6 Å². The van der Waals surface area contributed by atoms with Crippen LogP contribution in [0, 0.1) is 6.92 Å². The summed E-state index contributed by atoms with van der Waals surface area (Å²) in [5, 5.41) is 3.58. The fourth-order valence-electron chi connectivity index (χ4n) is 3.20. The van der Waals surface area contributed by atoms with Crippen LogP contribution in [0.2, 0.25) is 5.02 Å². The molecule has 0 bridgehead atoms. The molecule has 3 rings (SSSR count). The second kappa shape index (κ2) is 7.89. The number of carbonyl (C=O) groups excluding carboxylic acids is 1. The van der Waals surface area contributed by atoms with Crippen LogP contribution in [0.1, 0.15) is 22.8 Å². The summed E-state index contributed by atoms with van der Waals surface area (Å²) in [5.41, 5.74) is 3.84. The Morgan fingerprint density at radius 3 is 2.36 bits per heavy atom. The number of anilines is 2. The maximum absolute atomic E-state index is 12.3. The predicted molar refractivity (Wildman–Crippen MR) is 105 cm³/mol. The number of carbonyl (C=O) groups is 1. The highest BCUT2D eigenvalue weighted by molar-refractivity contribution is 6.30. The van der Waals surface area contributed by atoms with E-state index in [1.165, 1.54) is 11.3 Å². The zero-order valence-corrected chi connectivity index (χ0v) is 15.5. The van der Waals surface area contributed by atoms with Crippen LogP contribution in [0.4, 0.5) is 11.4 Å². The molecule has 0 saturated carbocycles. The van der Waals surface area contributed by atoms with E-state index >= 15 is 0 Å². The van der Waals surface area contributed by atoms with Gasteiger partial charge in [0.2, 0.25) is 0 Å². The van der Waals surface area contributed by atoms with E-state index in [0.717, 1.165) is 38.4 Å². The van der Waals surface area contributed by atoms with Gasteiger partial charge in [0.1, 0.15) is 0 Å². The summed E-state index contributed by atoms with van der Waals surface area (Å²) < 4.78 is 0. The summed E-state index contributed by atoms with van der Waals surface area (Å²) in [6.45, 7) is 9.72. The van der Waals surface area contributed by atoms with Gasteiger partial charge in [0, 0.05) is 48.1 Å². The van der Waals surface area contributed by atoms with Crippen molar-refractivity contribution in [2.45, 2.75) is 13.8 Å². The summed E-state index contributed by atoms with van der Waals surface area (Å²) in [5.74, 6) is -0.125. The SMILES string of the molecule is CCN1CCN(c2ccc(NC(=O)c3ccc(Cl)cc3)cc2C)CC1. The lowest BCUT2D eigenvalue weighted by molar-refractivity contribution is 0.102. The van der Waals surface area contributed by atoms with E-state index in [2.05, 4.69) is 35.0 Å². The van der Waals surface area contributed by atoms with Crippen molar-refractivity contribution in [3.8, 4) is 0 Å². The first-order valence-electron chi connectivity index (χ1n) is 8.71. The van der Waals surface area contributed by atoms with Crippen LogP contribution in [0.5, 0.6) is 0 Å². The fourth-order valence-corrected chi connectivity index (χ4v) is 3.32. The van der Waals surface area contributed by atoms with E-state index in [-0.39, 0.29) is 5.91 Å². The summed E-state index contributed by atoms with van der Waals surface area (Å²) >= 11 is 5.87. The number of rotatable bonds is 4. The van der Waals surface area contributed by atoms with Crippen molar-refractivity contribution in [1.29, 1.82) is 0 Å².